The van der Waals surface area contributed by atoms with Crippen LogP contribution in [0.2, 0.25) is 0 Å². The highest BCUT2D eigenvalue weighted by molar-refractivity contribution is 5.78. The largest absolute Gasteiger partial charge is 0.355 e. The van der Waals surface area contributed by atoms with Gasteiger partial charge in [-0.2, -0.15) is 0 Å². The first-order chi connectivity index (χ1) is 13.1. The predicted molar refractivity (Wildman–Crippen MR) is 110 cm³/mol. The van der Waals surface area contributed by atoms with Crippen LogP contribution in [0, 0.1) is 0 Å². The molecular formula is C22H30N4O. The third kappa shape index (κ3) is 5.79. The number of piperazine rings is 1. The van der Waals surface area contributed by atoms with Crippen LogP contribution in [0.5, 0.6) is 0 Å². The quantitative estimate of drug-likeness (QED) is 0.818. The second-order valence-electron chi connectivity index (χ2n) is 7.45. The number of benzene rings is 1. The minimum absolute atomic E-state index is 0.111. The van der Waals surface area contributed by atoms with Crippen molar-refractivity contribution < 1.29 is 4.79 Å². The number of amides is 1. The zero-order chi connectivity index (χ0) is 19.1. The molecule has 0 unspecified atom stereocenters. The molecule has 1 aromatic heterocycles. The topological polar surface area (TPSA) is 48.5 Å². The van der Waals surface area contributed by atoms with Gasteiger partial charge in [-0.25, -0.2) is 4.98 Å². The molecule has 0 saturated carbocycles. The fourth-order valence-corrected chi connectivity index (χ4v) is 3.35. The van der Waals surface area contributed by atoms with Gasteiger partial charge >= 0.3 is 0 Å². The number of hydrogen-bond donors (Lipinski definition) is 1. The van der Waals surface area contributed by atoms with Gasteiger partial charge in [0.15, 0.2) is 0 Å². The molecular weight excluding hydrogens is 336 g/mol. The standard InChI is InChI=1S/C22H30N4O/c1-18(2)20-8-6-19(7-9-20)10-12-24-22(27)17-25-13-15-26(16-14-25)21-5-3-4-11-23-21/h3-9,11,18H,10,12-17H2,1-2H3,(H,24,27). The third-order valence-corrected chi connectivity index (χ3v) is 5.10. The molecule has 27 heavy (non-hydrogen) atoms. The van der Waals surface area contributed by atoms with Crippen LogP contribution in [-0.2, 0) is 11.2 Å². The lowest BCUT2D eigenvalue weighted by Crippen LogP contribution is -2.49. The average Bonchev–Trinajstić information content (AvgIpc) is 2.69. The van der Waals surface area contributed by atoms with Crippen LogP contribution < -0.4 is 10.2 Å². The molecule has 5 nitrogen and oxygen atoms in total. The zero-order valence-corrected chi connectivity index (χ0v) is 16.4. The molecule has 2 heterocycles. The summed E-state index contributed by atoms with van der Waals surface area (Å²) in [6.45, 7) is 9.16. The summed E-state index contributed by atoms with van der Waals surface area (Å²) >= 11 is 0. The van der Waals surface area contributed by atoms with Crippen molar-refractivity contribution in [1.29, 1.82) is 0 Å². The first-order valence-electron chi connectivity index (χ1n) is 9.85. The number of aromatic nitrogens is 1. The number of hydrogen-bond acceptors (Lipinski definition) is 4. The first-order valence-corrected chi connectivity index (χ1v) is 9.85. The van der Waals surface area contributed by atoms with Crippen molar-refractivity contribution in [2.75, 3.05) is 44.2 Å². The van der Waals surface area contributed by atoms with Gasteiger partial charge in [0.1, 0.15) is 5.82 Å². The summed E-state index contributed by atoms with van der Waals surface area (Å²) in [4.78, 5) is 21.1. The highest BCUT2D eigenvalue weighted by Gasteiger charge is 2.19. The number of carbonyl (C=O) groups excluding carboxylic acids is 1. The van der Waals surface area contributed by atoms with Gasteiger partial charge in [-0.3, -0.25) is 9.69 Å². The van der Waals surface area contributed by atoms with Crippen LogP contribution in [0.15, 0.2) is 48.7 Å². The molecule has 2 aromatic rings. The van der Waals surface area contributed by atoms with Crippen molar-refractivity contribution in [1.82, 2.24) is 15.2 Å². The van der Waals surface area contributed by atoms with Crippen LogP contribution in [0.1, 0.15) is 30.9 Å². The van der Waals surface area contributed by atoms with Gasteiger partial charge in [0.2, 0.25) is 5.91 Å². The van der Waals surface area contributed by atoms with Crippen molar-refractivity contribution in [3.8, 4) is 0 Å². The molecule has 1 saturated heterocycles. The van der Waals surface area contributed by atoms with Gasteiger partial charge in [0.25, 0.3) is 0 Å². The Morgan fingerprint density at radius 3 is 2.44 bits per heavy atom. The predicted octanol–water partition coefficient (Wildman–Crippen LogP) is 2.69. The lowest BCUT2D eigenvalue weighted by molar-refractivity contribution is -0.122. The number of rotatable bonds is 7. The van der Waals surface area contributed by atoms with Crippen molar-refractivity contribution in [2.45, 2.75) is 26.2 Å². The maximum Gasteiger partial charge on any atom is 0.234 e. The summed E-state index contributed by atoms with van der Waals surface area (Å²) in [7, 11) is 0. The summed E-state index contributed by atoms with van der Waals surface area (Å²) in [6.07, 6.45) is 2.70. The smallest absolute Gasteiger partial charge is 0.234 e. The summed E-state index contributed by atoms with van der Waals surface area (Å²) in [5.74, 6) is 1.68. The van der Waals surface area contributed by atoms with Gasteiger partial charge in [0.05, 0.1) is 6.54 Å². The van der Waals surface area contributed by atoms with E-state index in [1.807, 2.05) is 24.4 Å². The molecule has 1 N–H and O–H groups in total. The van der Waals surface area contributed by atoms with E-state index >= 15 is 0 Å². The number of carbonyl (C=O) groups is 1. The molecule has 1 fully saturated rings. The Bertz CT molecular complexity index is 707. The molecule has 144 valence electrons. The molecule has 0 radical (unpaired) electrons. The Kier molecular flexibility index (Phi) is 6.82. The second-order valence-corrected chi connectivity index (χ2v) is 7.45. The van der Waals surface area contributed by atoms with E-state index in [4.69, 9.17) is 0 Å². The van der Waals surface area contributed by atoms with Crippen LogP contribution in [0.25, 0.3) is 0 Å². The van der Waals surface area contributed by atoms with Crippen molar-refractivity contribution in [3.63, 3.8) is 0 Å². The van der Waals surface area contributed by atoms with E-state index in [2.05, 4.69) is 58.2 Å². The van der Waals surface area contributed by atoms with E-state index in [1.54, 1.807) is 0 Å². The van der Waals surface area contributed by atoms with E-state index in [0.29, 0.717) is 19.0 Å². The molecule has 1 aliphatic heterocycles. The molecule has 0 aliphatic carbocycles. The van der Waals surface area contributed by atoms with Crippen LogP contribution >= 0.6 is 0 Å². The Labute approximate surface area is 162 Å². The Hall–Kier alpha value is -2.40. The Morgan fingerprint density at radius 1 is 1.07 bits per heavy atom. The van der Waals surface area contributed by atoms with E-state index in [9.17, 15) is 4.79 Å². The SMILES string of the molecule is CC(C)c1ccc(CCNC(=O)CN2CCN(c3ccccn3)CC2)cc1. The maximum absolute atomic E-state index is 12.2. The Balaban J connectivity index is 1.35. The number of anilines is 1. The zero-order valence-electron chi connectivity index (χ0n) is 16.4. The molecule has 1 amide bonds. The fourth-order valence-electron chi connectivity index (χ4n) is 3.35. The lowest BCUT2D eigenvalue weighted by Gasteiger charge is -2.34. The van der Waals surface area contributed by atoms with Crippen LogP contribution in [-0.4, -0.2) is 55.1 Å². The van der Waals surface area contributed by atoms with Crippen molar-refractivity contribution >= 4 is 11.7 Å². The van der Waals surface area contributed by atoms with Gasteiger partial charge in [0, 0.05) is 38.9 Å². The second kappa shape index (κ2) is 9.51. The summed E-state index contributed by atoms with van der Waals surface area (Å²) in [6, 6.07) is 14.7. The van der Waals surface area contributed by atoms with Crippen LogP contribution in [0.3, 0.4) is 0 Å². The molecule has 1 aromatic carbocycles. The van der Waals surface area contributed by atoms with E-state index in [0.717, 1.165) is 38.4 Å². The fraction of sp³-hybridized carbons (Fsp3) is 0.455. The Morgan fingerprint density at radius 2 is 1.81 bits per heavy atom. The average molecular weight is 367 g/mol. The minimum Gasteiger partial charge on any atom is -0.355 e. The van der Waals surface area contributed by atoms with Crippen LogP contribution in [0.4, 0.5) is 5.82 Å². The molecule has 0 atom stereocenters. The lowest BCUT2D eigenvalue weighted by atomic mass is 10.0. The number of nitrogens with one attached hydrogen (secondary N) is 1. The van der Waals surface area contributed by atoms with Crippen molar-refractivity contribution in [3.05, 3.63) is 59.8 Å². The van der Waals surface area contributed by atoms with Gasteiger partial charge in [-0.15, -0.1) is 0 Å². The third-order valence-electron chi connectivity index (χ3n) is 5.10. The number of nitrogens with zero attached hydrogens (tertiary/aromatic N) is 3. The van der Waals surface area contributed by atoms with E-state index in [1.165, 1.54) is 11.1 Å². The highest BCUT2D eigenvalue weighted by atomic mass is 16.2. The molecule has 5 heteroatoms. The highest BCUT2D eigenvalue weighted by Crippen LogP contribution is 2.15. The van der Waals surface area contributed by atoms with Gasteiger partial charge in [-0.05, 0) is 35.6 Å². The monoisotopic (exact) mass is 366 g/mol. The van der Waals surface area contributed by atoms with E-state index < -0.39 is 0 Å². The summed E-state index contributed by atoms with van der Waals surface area (Å²) in [5.41, 5.74) is 2.62. The van der Waals surface area contributed by atoms with E-state index in [-0.39, 0.29) is 5.91 Å². The molecule has 0 spiro atoms. The number of pyridine rings is 1. The minimum atomic E-state index is 0.111. The molecule has 1 aliphatic rings. The normalized spacial score (nSPS) is 15.1. The first kappa shape index (κ1) is 19.4. The van der Waals surface area contributed by atoms with Gasteiger partial charge < -0.3 is 10.2 Å². The molecule has 0 bridgehead atoms. The maximum atomic E-state index is 12.2. The van der Waals surface area contributed by atoms with Gasteiger partial charge in [-0.1, -0.05) is 44.2 Å². The summed E-state index contributed by atoms with van der Waals surface area (Å²) < 4.78 is 0. The summed E-state index contributed by atoms with van der Waals surface area (Å²) in [5, 5.41) is 3.05. The molecule has 3 rings (SSSR count). The van der Waals surface area contributed by atoms with Crippen molar-refractivity contribution in [2.24, 2.45) is 0 Å².